The molecule has 0 saturated heterocycles. The van der Waals surface area contributed by atoms with Crippen molar-refractivity contribution in [3.8, 4) is 5.75 Å². The van der Waals surface area contributed by atoms with Gasteiger partial charge >= 0.3 is 0 Å². The van der Waals surface area contributed by atoms with Crippen LogP contribution in [-0.2, 0) is 0 Å². The van der Waals surface area contributed by atoms with Gasteiger partial charge in [0.2, 0.25) is 0 Å². The van der Waals surface area contributed by atoms with Crippen molar-refractivity contribution in [3.63, 3.8) is 0 Å². The van der Waals surface area contributed by atoms with Crippen LogP contribution >= 0.6 is 0 Å². The van der Waals surface area contributed by atoms with Gasteiger partial charge in [-0.05, 0) is 18.2 Å². The van der Waals surface area contributed by atoms with E-state index < -0.39 is 0 Å². The number of hydrogen-bond acceptors (Lipinski definition) is 5. The highest BCUT2D eigenvalue weighted by Gasteiger charge is 2.22. The van der Waals surface area contributed by atoms with Crippen LogP contribution in [-0.4, -0.2) is 11.6 Å². The fourth-order valence-electron chi connectivity index (χ4n) is 2.67. The Bertz CT molecular complexity index is 797. The number of aromatic nitrogens is 1. The Morgan fingerprint density at radius 3 is 2.95 bits per heavy atom. The molecule has 3 aromatic rings. The molecule has 0 spiro atoms. The predicted octanol–water partition coefficient (Wildman–Crippen LogP) is 3.35. The van der Waals surface area contributed by atoms with E-state index in [9.17, 15) is 0 Å². The first-order valence-electron chi connectivity index (χ1n) is 6.94. The maximum Gasteiger partial charge on any atom is 0.296 e. The summed E-state index contributed by atoms with van der Waals surface area (Å²) in [6.07, 6.45) is 0.866. The molecule has 0 fully saturated rings. The second kappa shape index (κ2) is 4.70. The van der Waals surface area contributed by atoms with Crippen molar-refractivity contribution in [2.45, 2.75) is 12.5 Å². The molecule has 21 heavy (non-hydrogen) atoms. The summed E-state index contributed by atoms with van der Waals surface area (Å²) >= 11 is 0. The highest BCUT2D eigenvalue weighted by Crippen LogP contribution is 2.34. The lowest BCUT2D eigenvalue weighted by Crippen LogP contribution is -2.20. The molecule has 1 aromatic heterocycles. The maximum absolute atomic E-state index is 5.91. The molecule has 3 N–H and O–H groups in total. The van der Waals surface area contributed by atoms with Gasteiger partial charge in [-0.25, -0.2) is 0 Å². The Kier molecular flexibility index (Phi) is 2.70. The van der Waals surface area contributed by atoms with Gasteiger partial charge in [0.05, 0.1) is 18.3 Å². The molecular formula is C16H15N3O2. The highest BCUT2D eigenvalue weighted by molar-refractivity contribution is 5.86. The molecule has 0 radical (unpaired) electrons. The summed E-state index contributed by atoms with van der Waals surface area (Å²) in [5.74, 6) is 0.914. The number of para-hydroxylation sites is 2. The molecule has 1 aliphatic rings. The van der Waals surface area contributed by atoms with E-state index in [-0.39, 0.29) is 6.04 Å². The van der Waals surface area contributed by atoms with E-state index in [1.54, 1.807) is 0 Å². The molecule has 0 amide bonds. The van der Waals surface area contributed by atoms with E-state index >= 15 is 0 Å². The van der Waals surface area contributed by atoms with Crippen LogP contribution < -0.4 is 15.8 Å². The number of oxazole rings is 1. The Hall–Kier alpha value is -2.69. The van der Waals surface area contributed by atoms with Gasteiger partial charge in [-0.1, -0.05) is 24.3 Å². The number of ether oxygens (including phenoxy) is 1. The number of nitrogen functional groups attached to an aromatic ring is 1. The summed E-state index contributed by atoms with van der Waals surface area (Å²) in [5.41, 5.74) is 9.04. The number of anilines is 2. The molecule has 4 rings (SSSR count). The van der Waals surface area contributed by atoms with Gasteiger partial charge < -0.3 is 20.2 Å². The Labute approximate surface area is 121 Å². The first kappa shape index (κ1) is 12.1. The zero-order chi connectivity index (χ0) is 14.2. The molecule has 2 aromatic carbocycles. The van der Waals surface area contributed by atoms with Crippen LogP contribution in [0.3, 0.4) is 0 Å². The zero-order valence-electron chi connectivity index (χ0n) is 11.4. The summed E-state index contributed by atoms with van der Waals surface area (Å²) in [6, 6.07) is 14.2. The average molecular weight is 281 g/mol. The van der Waals surface area contributed by atoms with E-state index in [1.807, 2.05) is 36.4 Å². The fourth-order valence-corrected chi connectivity index (χ4v) is 2.67. The number of fused-ring (bicyclic) bond motifs is 2. The second-order valence-corrected chi connectivity index (χ2v) is 5.08. The minimum Gasteiger partial charge on any atom is -0.493 e. The van der Waals surface area contributed by atoms with Crippen molar-refractivity contribution in [2.24, 2.45) is 0 Å². The Morgan fingerprint density at radius 1 is 1.14 bits per heavy atom. The normalized spacial score (nSPS) is 17.2. The number of benzene rings is 2. The van der Waals surface area contributed by atoms with Crippen LogP contribution in [0.5, 0.6) is 5.75 Å². The van der Waals surface area contributed by atoms with Crippen molar-refractivity contribution in [1.82, 2.24) is 4.98 Å². The van der Waals surface area contributed by atoms with Gasteiger partial charge in [0.25, 0.3) is 6.01 Å². The lowest BCUT2D eigenvalue weighted by molar-refractivity contribution is 0.273. The molecule has 5 heteroatoms. The maximum atomic E-state index is 5.91. The average Bonchev–Trinajstić information content (AvgIpc) is 2.92. The second-order valence-electron chi connectivity index (χ2n) is 5.08. The van der Waals surface area contributed by atoms with Crippen LogP contribution in [0.4, 0.5) is 11.7 Å². The van der Waals surface area contributed by atoms with Gasteiger partial charge in [-0.3, -0.25) is 0 Å². The molecule has 0 aliphatic carbocycles. The van der Waals surface area contributed by atoms with Crippen molar-refractivity contribution in [1.29, 1.82) is 0 Å². The smallest absolute Gasteiger partial charge is 0.296 e. The molecule has 1 aliphatic heterocycles. The van der Waals surface area contributed by atoms with Crippen molar-refractivity contribution in [2.75, 3.05) is 17.7 Å². The minimum absolute atomic E-state index is 0.129. The van der Waals surface area contributed by atoms with E-state index in [0.29, 0.717) is 29.4 Å². The summed E-state index contributed by atoms with van der Waals surface area (Å²) in [7, 11) is 0. The van der Waals surface area contributed by atoms with E-state index in [2.05, 4.69) is 16.4 Å². The lowest BCUT2D eigenvalue weighted by Gasteiger charge is -2.25. The molecule has 106 valence electrons. The molecule has 0 bridgehead atoms. The van der Waals surface area contributed by atoms with Gasteiger partial charge in [-0.15, -0.1) is 0 Å². The van der Waals surface area contributed by atoms with E-state index in [4.69, 9.17) is 14.9 Å². The Morgan fingerprint density at radius 2 is 2.05 bits per heavy atom. The topological polar surface area (TPSA) is 73.3 Å². The van der Waals surface area contributed by atoms with Crippen LogP contribution in [0, 0.1) is 0 Å². The third-order valence-electron chi connectivity index (χ3n) is 3.71. The fraction of sp³-hybridized carbons (Fsp3) is 0.188. The van der Waals surface area contributed by atoms with Crippen LogP contribution in [0.1, 0.15) is 18.0 Å². The van der Waals surface area contributed by atoms with Gasteiger partial charge in [0.1, 0.15) is 11.3 Å². The van der Waals surface area contributed by atoms with Gasteiger partial charge in [0, 0.05) is 12.0 Å². The van der Waals surface area contributed by atoms with Crippen molar-refractivity contribution < 1.29 is 9.15 Å². The number of rotatable bonds is 2. The zero-order valence-corrected chi connectivity index (χ0v) is 11.4. The molecular weight excluding hydrogens is 266 g/mol. The number of nitrogens with one attached hydrogen (secondary N) is 1. The molecule has 2 heterocycles. The standard InChI is InChI=1S/C16H15N3O2/c17-11-5-3-7-14-15(11)19-16(21-14)18-12-8-9-20-13-6-2-1-4-10(12)13/h1-7,12H,8-9,17H2,(H,18,19). The van der Waals surface area contributed by atoms with E-state index in [0.717, 1.165) is 17.7 Å². The molecule has 5 nitrogen and oxygen atoms in total. The first-order valence-corrected chi connectivity index (χ1v) is 6.94. The number of nitrogens with zero attached hydrogens (tertiary/aromatic N) is 1. The highest BCUT2D eigenvalue weighted by atomic mass is 16.5. The lowest BCUT2D eigenvalue weighted by atomic mass is 10.0. The molecule has 1 unspecified atom stereocenters. The summed E-state index contributed by atoms with van der Waals surface area (Å²) in [4.78, 5) is 4.44. The Balaban J connectivity index is 1.68. The van der Waals surface area contributed by atoms with Crippen LogP contribution in [0.2, 0.25) is 0 Å². The monoisotopic (exact) mass is 281 g/mol. The minimum atomic E-state index is 0.129. The molecule has 1 atom stereocenters. The van der Waals surface area contributed by atoms with Crippen molar-refractivity contribution in [3.05, 3.63) is 48.0 Å². The van der Waals surface area contributed by atoms with E-state index in [1.165, 1.54) is 0 Å². The number of nitrogens with two attached hydrogens (primary N) is 1. The van der Waals surface area contributed by atoms with Gasteiger partial charge in [0.15, 0.2) is 5.58 Å². The third-order valence-corrected chi connectivity index (χ3v) is 3.71. The summed E-state index contributed by atoms with van der Waals surface area (Å²) < 4.78 is 11.4. The van der Waals surface area contributed by atoms with Gasteiger partial charge in [-0.2, -0.15) is 4.98 Å². The quantitative estimate of drug-likeness (QED) is 0.705. The molecule has 0 saturated carbocycles. The largest absolute Gasteiger partial charge is 0.493 e. The third kappa shape index (κ3) is 2.07. The SMILES string of the molecule is Nc1cccc2oc(NC3CCOc4ccccc43)nc12. The van der Waals surface area contributed by atoms with Crippen LogP contribution in [0.15, 0.2) is 46.9 Å². The predicted molar refractivity (Wildman–Crippen MR) is 81.3 cm³/mol. The summed E-state index contributed by atoms with van der Waals surface area (Å²) in [5, 5.41) is 3.34. The van der Waals surface area contributed by atoms with Crippen molar-refractivity contribution >= 4 is 22.8 Å². The summed E-state index contributed by atoms with van der Waals surface area (Å²) in [6.45, 7) is 0.678. The number of hydrogen-bond donors (Lipinski definition) is 2. The van der Waals surface area contributed by atoms with Crippen LogP contribution in [0.25, 0.3) is 11.1 Å². The first-order chi connectivity index (χ1) is 10.3.